The first-order chi connectivity index (χ1) is 10.9. The lowest BCUT2D eigenvalue weighted by Gasteiger charge is -2.34. The molecule has 1 atom stereocenters. The van der Waals surface area contributed by atoms with Crippen LogP contribution in [0.4, 0.5) is 4.39 Å². The molecule has 0 amide bonds. The van der Waals surface area contributed by atoms with Crippen molar-refractivity contribution in [2.24, 2.45) is 0 Å². The molecule has 0 saturated carbocycles. The van der Waals surface area contributed by atoms with Crippen LogP contribution in [-0.4, -0.2) is 32.9 Å². The van der Waals surface area contributed by atoms with Gasteiger partial charge in [0, 0.05) is 18.8 Å². The van der Waals surface area contributed by atoms with Gasteiger partial charge in [-0.05, 0) is 42.9 Å². The van der Waals surface area contributed by atoms with Crippen LogP contribution in [0.15, 0.2) is 12.1 Å². The van der Waals surface area contributed by atoms with E-state index in [1.807, 2.05) is 6.07 Å². The standard InChI is InChI=1S/C17H22BrFO4/c1-4-23-16(20)14(18)12-9-11(10-13(19)15(12)21-3)17(2)5-7-22-8-6-17/h9-10,14H,4-8H2,1-3H3. The molecule has 1 aromatic rings. The van der Waals surface area contributed by atoms with E-state index < -0.39 is 16.6 Å². The van der Waals surface area contributed by atoms with Gasteiger partial charge in [0.15, 0.2) is 11.6 Å². The molecular weight excluding hydrogens is 367 g/mol. The van der Waals surface area contributed by atoms with Gasteiger partial charge < -0.3 is 14.2 Å². The zero-order chi connectivity index (χ0) is 17.0. The van der Waals surface area contributed by atoms with Gasteiger partial charge >= 0.3 is 5.97 Å². The number of rotatable bonds is 5. The molecule has 1 aromatic carbocycles. The van der Waals surface area contributed by atoms with Crippen molar-refractivity contribution in [3.05, 3.63) is 29.1 Å². The Balaban J connectivity index is 2.45. The molecule has 6 heteroatoms. The van der Waals surface area contributed by atoms with E-state index in [0.717, 1.165) is 18.4 Å². The van der Waals surface area contributed by atoms with Crippen molar-refractivity contribution in [2.75, 3.05) is 26.9 Å². The van der Waals surface area contributed by atoms with E-state index in [1.54, 1.807) is 6.92 Å². The maximum atomic E-state index is 14.5. The van der Waals surface area contributed by atoms with Gasteiger partial charge in [-0.15, -0.1) is 0 Å². The Morgan fingerprint density at radius 2 is 2.09 bits per heavy atom. The Morgan fingerprint density at radius 3 is 2.65 bits per heavy atom. The van der Waals surface area contributed by atoms with Crippen LogP contribution in [0.3, 0.4) is 0 Å². The molecule has 0 spiro atoms. The smallest absolute Gasteiger partial charge is 0.324 e. The van der Waals surface area contributed by atoms with Crippen LogP contribution in [0.5, 0.6) is 5.75 Å². The van der Waals surface area contributed by atoms with Crippen LogP contribution in [0.2, 0.25) is 0 Å². The number of carbonyl (C=O) groups is 1. The van der Waals surface area contributed by atoms with E-state index in [0.29, 0.717) is 18.8 Å². The monoisotopic (exact) mass is 388 g/mol. The number of hydrogen-bond acceptors (Lipinski definition) is 4. The molecule has 23 heavy (non-hydrogen) atoms. The molecule has 0 bridgehead atoms. The Morgan fingerprint density at radius 1 is 1.43 bits per heavy atom. The summed E-state index contributed by atoms with van der Waals surface area (Å²) in [6.45, 7) is 5.38. The number of benzene rings is 1. The van der Waals surface area contributed by atoms with Crippen molar-refractivity contribution in [1.29, 1.82) is 0 Å². The van der Waals surface area contributed by atoms with E-state index in [4.69, 9.17) is 14.2 Å². The summed E-state index contributed by atoms with van der Waals surface area (Å²) in [5.74, 6) is -0.861. The first-order valence-corrected chi connectivity index (χ1v) is 8.61. The number of halogens is 2. The third kappa shape index (κ3) is 3.86. The summed E-state index contributed by atoms with van der Waals surface area (Å²) in [6.07, 6.45) is 1.62. The van der Waals surface area contributed by atoms with E-state index in [1.165, 1.54) is 13.2 Å². The summed E-state index contributed by atoms with van der Waals surface area (Å²) >= 11 is 3.31. The molecule has 4 nitrogen and oxygen atoms in total. The minimum Gasteiger partial charge on any atom is -0.493 e. The highest BCUT2D eigenvalue weighted by atomic mass is 79.9. The summed E-state index contributed by atoms with van der Waals surface area (Å²) in [6, 6.07) is 3.34. The lowest BCUT2D eigenvalue weighted by molar-refractivity contribution is -0.142. The molecule has 1 fully saturated rings. The lowest BCUT2D eigenvalue weighted by Crippen LogP contribution is -2.31. The number of hydrogen-bond donors (Lipinski definition) is 0. The summed E-state index contributed by atoms with van der Waals surface area (Å²) in [4.78, 5) is 11.3. The first kappa shape index (κ1) is 18.2. The molecular formula is C17H22BrFO4. The molecule has 1 heterocycles. The molecule has 2 rings (SSSR count). The number of carbonyl (C=O) groups excluding carboxylic acids is 1. The minimum atomic E-state index is -0.768. The van der Waals surface area contributed by atoms with Gasteiger partial charge in [-0.25, -0.2) is 4.39 Å². The van der Waals surface area contributed by atoms with Crippen molar-refractivity contribution >= 4 is 21.9 Å². The highest BCUT2D eigenvalue weighted by Crippen LogP contribution is 2.41. The Bertz CT molecular complexity index is 570. The van der Waals surface area contributed by atoms with Crippen molar-refractivity contribution in [3.63, 3.8) is 0 Å². The fourth-order valence-electron chi connectivity index (χ4n) is 2.82. The Hall–Kier alpha value is -1.14. The van der Waals surface area contributed by atoms with Crippen LogP contribution < -0.4 is 4.74 Å². The largest absolute Gasteiger partial charge is 0.493 e. The summed E-state index contributed by atoms with van der Waals surface area (Å²) < 4.78 is 30.1. The fraction of sp³-hybridized carbons (Fsp3) is 0.588. The molecule has 0 N–H and O–H groups in total. The van der Waals surface area contributed by atoms with Crippen molar-refractivity contribution in [1.82, 2.24) is 0 Å². The molecule has 0 aliphatic carbocycles. The second-order valence-electron chi connectivity index (χ2n) is 5.87. The summed E-state index contributed by atoms with van der Waals surface area (Å²) in [5.41, 5.74) is 1.12. The van der Waals surface area contributed by atoms with Crippen molar-refractivity contribution < 1.29 is 23.4 Å². The van der Waals surface area contributed by atoms with Crippen LogP contribution in [-0.2, 0) is 19.7 Å². The minimum absolute atomic E-state index is 0.0688. The van der Waals surface area contributed by atoms with E-state index in [2.05, 4.69) is 22.9 Å². The van der Waals surface area contributed by atoms with Gasteiger partial charge in [0.05, 0.1) is 13.7 Å². The predicted octanol–water partition coefficient (Wildman–Crippen LogP) is 3.90. The molecule has 1 aliphatic heterocycles. The normalized spacial score (nSPS) is 18.3. The number of methoxy groups -OCH3 is 1. The van der Waals surface area contributed by atoms with Gasteiger partial charge in [0.2, 0.25) is 0 Å². The third-order valence-corrected chi connectivity index (χ3v) is 5.20. The van der Waals surface area contributed by atoms with Gasteiger partial charge in [0.1, 0.15) is 4.83 Å². The maximum absolute atomic E-state index is 14.5. The highest BCUT2D eigenvalue weighted by Gasteiger charge is 2.33. The van der Waals surface area contributed by atoms with Gasteiger partial charge in [-0.3, -0.25) is 4.79 Å². The van der Waals surface area contributed by atoms with Crippen LogP contribution in [0.25, 0.3) is 0 Å². The average Bonchev–Trinajstić information content (AvgIpc) is 2.54. The van der Waals surface area contributed by atoms with Crippen LogP contribution >= 0.6 is 15.9 Å². The summed E-state index contributed by atoms with van der Waals surface area (Å²) in [7, 11) is 1.39. The van der Waals surface area contributed by atoms with E-state index in [9.17, 15) is 9.18 Å². The van der Waals surface area contributed by atoms with Crippen LogP contribution in [0.1, 0.15) is 42.6 Å². The van der Waals surface area contributed by atoms with E-state index in [-0.39, 0.29) is 17.8 Å². The zero-order valence-corrected chi connectivity index (χ0v) is 15.2. The second kappa shape index (κ2) is 7.62. The highest BCUT2D eigenvalue weighted by molar-refractivity contribution is 9.09. The maximum Gasteiger partial charge on any atom is 0.324 e. The van der Waals surface area contributed by atoms with Gasteiger partial charge in [-0.1, -0.05) is 22.9 Å². The third-order valence-electron chi connectivity index (χ3n) is 4.34. The van der Waals surface area contributed by atoms with Crippen molar-refractivity contribution in [3.8, 4) is 5.75 Å². The molecule has 1 saturated heterocycles. The quantitative estimate of drug-likeness (QED) is 0.566. The fourth-order valence-corrected chi connectivity index (χ4v) is 3.29. The van der Waals surface area contributed by atoms with Crippen molar-refractivity contribution in [2.45, 2.75) is 36.9 Å². The molecule has 0 aromatic heterocycles. The number of esters is 1. The topological polar surface area (TPSA) is 44.8 Å². The van der Waals surface area contributed by atoms with Gasteiger partial charge in [-0.2, -0.15) is 0 Å². The SMILES string of the molecule is CCOC(=O)C(Br)c1cc(C2(C)CCOCC2)cc(F)c1OC. The lowest BCUT2D eigenvalue weighted by atomic mass is 9.75. The first-order valence-electron chi connectivity index (χ1n) is 7.69. The zero-order valence-electron chi connectivity index (χ0n) is 13.7. The second-order valence-corrected chi connectivity index (χ2v) is 6.78. The molecule has 128 valence electrons. The van der Waals surface area contributed by atoms with E-state index >= 15 is 0 Å². The Labute approximate surface area is 144 Å². The van der Waals surface area contributed by atoms with Gasteiger partial charge in [0.25, 0.3) is 0 Å². The predicted molar refractivity (Wildman–Crippen MR) is 88.7 cm³/mol. The summed E-state index contributed by atoms with van der Waals surface area (Å²) in [5, 5.41) is 0. The molecule has 0 radical (unpaired) electrons. The molecule has 1 unspecified atom stereocenters. The average molecular weight is 389 g/mol. The Kier molecular flexibility index (Phi) is 6.03. The molecule has 1 aliphatic rings. The van der Waals surface area contributed by atoms with Crippen LogP contribution in [0, 0.1) is 5.82 Å². The number of ether oxygens (including phenoxy) is 3. The number of alkyl halides is 1.